The number of rotatable bonds is 3. The minimum atomic E-state index is -3.92. The molecule has 1 atom stereocenters. The topological polar surface area (TPSA) is 86.8 Å². The van der Waals surface area contributed by atoms with Crippen molar-refractivity contribution in [1.82, 2.24) is 14.5 Å². The van der Waals surface area contributed by atoms with Gasteiger partial charge < -0.3 is 10.2 Å². The van der Waals surface area contributed by atoms with Crippen molar-refractivity contribution in [3.8, 4) is 0 Å². The lowest BCUT2D eigenvalue weighted by Gasteiger charge is -2.43. The summed E-state index contributed by atoms with van der Waals surface area (Å²) in [6.07, 6.45) is 0.949. The number of hydrogen-bond donors (Lipinski definition) is 1. The lowest BCUT2D eigenvalue weighted by molar-refractivity contribution is -0.151. The van der Waals surface area contributed by atoms with E-state index in [1.165, 1.54) is 21.3 Å². The van der Waals surface area contributed by atoms with Crippen molar-refractivity contribution in [2.24, 2.45) is 0 Å². The van der Waals surface area contributed by atoms with Crippen molar-refractivity contribution in [3.05, 3.63) is 30.1 Å². The molecule has 7 nitrogen and oxygen atoms in total. The third-order valence-corrected chi connectivity index (χ3v) is 6.95. The predicted molar refractivity (Wildman–Crippen MR) is 92.1 cm³/mol. The second-order valence-electron chi connectivity index (χ2n) is 7.03. The van der Waals surface area contributed by atoms with E-state index in [0.29, 0.717) is 25.9 Å². The molecule has 142 valence electrons. The van der Waals surface area contributed by atoms with E-state index in [1.807, 2.05) is 0 Å². The molecule has 9 heteroatoms. The Morgan fingerprint density at radius 3 is 2.54 bits per heavy atom. The number of piperazine rings is 1. The normalized spacial score (nSPS) is 23.7. The Morgan fingerprint density at radius 2 is 1.88 bits per heavy atom. The molecule has 2 aliphatic rings. The molecule has 0 aromatic heterocycles. The zero-order chi connectivity index (χ0) is 19.1. The summed E-state index contributed by atoms with van der Waals surface area (Å²) in [5, 5.41) is 2.72. The van der Waals surface area contributed by atoms with Crippen LogP contribution in [-0.2, 0) is 19.6 Å². The Labute approximate surface area is 152 Å². The molecule has 26 heavy (non-hydrogen) atoms. The van der Waals surface area contributed by atoms with Crippen LogP contribution in [0.25, 0.3) is 0 Å². The summed E-state index contributed by atoms with van der Waals surface area (Å²) in [7, 11) is -3.92. The number of amides is 2. The van der Waals surface area contributed by atoms with Crippen LogP contribution < -0.4 is 5.32 Å². The predicted octanol–water partition coefficient (Wildman–Crippen LogP) is 0.716. The van der Waals surface area contributed by atoms with E-state index in [4.69, 9.17) is 0 Å². The second-order valence-corrected chi connectivity index (χ2v) is 8.92. The lowest BCUT2D eigenvalue weighted by Crippen LogP contribution is -2.65. The number of halogens is 1. The minimum absolute atomic E-state index is 0.0470. The van der Waals surface area contributed by atoms with Gasteiger partial charge in [-0.15, -0.1) is 0 Å². The molecule has 2 saturated heterocycles. The molecule has 1 aromatic rings. The van der Waals surface area contributed by atoms with Crippen molar-refractivity contribution < 1.29 is 22.4 Å². The largest absolute Gasteiger partial charge is 0.352 e. The van der Waals surface area contributed by atoms with Crippen molar-refractivity contribution in [2.75, 3.05) is 19.6 Å². The first-order chi connectivity index (χ1) is 12.2. The maximum Gasteiger partial charge on any atom is 0.245 e. The molecule has 2 fully saturated rings. The van der Waals surface area contributed by atoms with Crippen LogP contribution in [0.4, 0.5) is 4.39 Å². The minimum Gasteiger partial charge on any atom is -0.352 e. The van der Waals surface area contributed by atoms with E-state index in [0.717, 1.165) is 12.1 Å². The number of sulfonamides is 1. The average Bonchev–Trinajstić information content (AvgIpc) is 3.08. The Morgan fingerprint density at radius 1 is 1.23 bits per heavy atom. The van der Waals surface area contributed by atoms with Gasteiger partial charge in [0.2, 0.25) is 21.8 Å². The number of nitrogens with one attached hydrogen (secondary N) is 1. The monoisotopic (exact) mass is 383 g/mol. The van der Waals surface area contributed by atoms with Gasteiger partial charge in [-0.3, -0.25) is 9.59 Å². The molecule has 1 N–H and O–H groups in total. The van der Waals surface area contributed by atoms with Crippen LogP contribution in [0.15, 0.2) is 29.2 Å². The third kappa shape index (κ3) is 3.09. The molecule has 0 aliphatic carbocycles. The Balaban J connectivity index is 1.89. The molecule has 2 aliphatic heterocycles. The smallest absolute Gasteiger partial charge is 0.245 e. The first-order valence-corrected chi connectivity index (χ1v) is 9.97. The molecule has 0 bridgehead atoms. The summed E-state index contributed by atoms with van der Waals surface area (Å²) in [4.78, 5) is 26.6. The molecule has 1 aromatic carbocycles. The average molecular weight is 383 g/mol. The van der Waals surface area contributed by atoms with E-state index < -0.39 is 27.4 Å². The maximum atomic E-state index is 13.1. The number of hydrogen-bond acceptors (Lipinski definition) is 4. The first kappa shape index (κ1) is 18.8. The van der Waals surface area contributed by atoms with Gasteiger partial charge in [0, 0.05) is 19.6 Å². The fraction of sp³-hybridized carbons (Fsp3) is 0.529. The van der Waals surface area contributed by atoms with Crippen molar-refractivity contribution in [2.45, 2.75) is 43.2 Å². The number of carbonyl (C=O) groups is 2. The Bertz CT molecular complexity index is 823. The highest BCUT2D eigenvalue weighted by atomic mass is 32.2. The van der Waals surface area contributed by atoms with Crippen LogP contribution in [-0.4, -0.2) is 60.7 Å². The molecular formula is C17H22FN3O4S. The summed E-state index contributed by atoms with van der Waals surface area (Å²) < 4.78 is 40.1. The molecular weight excluding hydrogens is 361 g/mol. The van der Waals surface area contributed by atoms with E-state index in [-0.39, 0.29) is 23.3 Å². The molecule has 3 rings (SSSR count). The zero-order valence-electron chi connectivity index (χ0n) is 14.7. The molecule has 2 heterocycles. The summed E-state index contributed by atoms with van der Waals surface area (Å²) >= 11 is 0. The van der Waals surface area contributed by atoms with E-state index in [1.54, 1.807) is 13.8 Å². The number of carbonyl (C=O) groups excluding carboxylic acids is 2. The van der Waals surface area contributed by atoms with Gasteiger partial charge in [0.25, 0.3) is 0 Å². The second kappa shape index (κ2) is 6.62. The van der Waals surface area contributed by atoms with Gasteiger partial charge in [0.15, 0.2) is 0 Å². The first-order valence-electron chi connectivity index (χ1n) is 8.53. The number of nitrogens with zero attached hydrogens (tertiary/aromatic N) is 2. The van der Waals surface area contributed by atoms with Crippen LogP contribution in [0, 0.1) is 5.82 Å². The Kier molecular flexibility index (Phi) is 4.78. The van der Waals surface area contributed by atoms with Gasteiger partial charge in [-0.2, -0.15) is 4.31 Å². The van der Waals surface area contributed by atoms with Crippen LogP contribution in [0.5, 0.6) is 0 Å². The van der Waals surface area contributed by atoms with Crippen LogP contribution in [0.1, 0.15) is 26.7 Å². The fourth-order valence-corrected chi connectivity index (χ4v) is 5.13. The molecule has 2 amide bonds. The van der Waals surface area contributed by atoms with Gasteiger partial charge >= 0.3 is 0 Å². The molecule has 0 unspecified atom stereocenters. The van der Waals surface area contributed by atoms with Crippen LogP contribution in [0.2, 0.25) is 0 Å². The Hall–Kier alpha value is -2.00. The molecule has 0 radical (unpaired) electrons. The SMILES string of the molecule is CC1(C)C(=O)NCCN1C(=O)[C@@H]1CCCN1S(=O)(=O)c1ccc(F)cc1. The van der Waals surface area contributed by atoms with Crippen molar-refractivity contribution in [1.29, 1.82) is 0 Å². The summed E-state index contributed by atoms with van der Waals surface area (Å²) in [5.74, 6) is -1.16. The van der Waals surface area contributed by atoms with Crippen LogP contribution >= 0.6 is 0 Å². The summed E-state index contributed by atoms with van der Waals surface area (Å²) in [6.45, 7) is 4.18. The van der Waals surface area contributed by atoms with E-state index in [9.17, 15) is 22.4 Å². The summed E-state index contributed by atoms with van der Waals surface area (Å²) in [5.41, 5.74) is -1.04. The third-order valence-electron chi connectivity index (χ3n) is 5.03. The van der Waals surface area contributed by atoms with Gasteiger partial charge in [0.1, 0.15) is 17.4 Å². The zero-order valence-corrected chi connectivity index (χ0v) is 15.6. The van der Waals surface area contributed by atoms with Gasteiger partial charge in [-0.1, -0.05) is 0 Å². The van der Waals surface area contributed by atoms with Gasteiger partial charge in [-0.05, 0) is 51.0 Å². The van der Waals surface area contributed by atoms with Crippen LogP contribution in [0.3, 0.4) is 0 Å². The molecule has 0 saturated carbocycles. The quantitative estimate of drug-likeness (QED) is 0.833. The standard InChI is InChI=1S/C17H22FN3O4S/c1-17(2)16(23)19-9-11-20(17)15(22)14-4-3-10-21(14)26(24,25)13-7-5-12(18)6-8-13/h5-8,14H,3-4,9-11H2,1-2H3,(H,19,23)/t14-/m0/s1. The van der Waals surface area contributed by atoms with Crippen molar-refractivity contribution in [3.63, 3.8) is 0 Å². The molecule has 0 spiro atoms. The van der Waals surface area contributed by atoms with Crippen molar-refractivity contribution >= 4 is 21.8 Å². The van der Waals surface area contributed by atoms with E-state index >= 15 is 0 Å². The lowest BCUT2D eigenvalue weighted by atomic mass is 9.97. The van der Waals surface area contributed by atoms with Gasteiger partial charge in [0.05, 0.1) is 4.90 Å². The van der Waals surface area contributed by atoms with Gasteiger partial charge in [-0.25, -0.2) is 12.8 Å². The fourth-order valence-electron chi connectivity index (χ4n) is 3.48. The van der Waals surface area contributed by atoms with E-state index in [2.05, 4.69) is 5.32 Å². The highest BCUT2D eigenvalue weighted by Crippen LogP contribution is 2.30. The number of benzene rings is 1. The highest BCUT2D eigenvalue weighted by molar-refractivity contribution is 7.89. The maximum absolute atomic E-state index is 13.1. The highest BCUT2D eigenvalue weighted by Gasteiger charge is 2.47. The summed E-state index contributed by atoms with van der Waals surface area (Å²) in [6, 6.07) is 3.71.